The SMILES string of the molecule is Cc1ccc(CC(C)NC(=O)c2cc(Br)cnc2N)s1. The number of halogens is 1. The first-order chi connectivity index (χ1) is 9.45. The largest absolute Gasteiger partial charge is 0.383 e. The van der Waals surface area contributed by atoms with Crippen molar-refractivity contribution in [3.8, 4) is 0 Å². The maximum absolute atomic E-state index is 12.2. The molecule has 0 spiro atoms. The molecular weight excluding hydrogens is 338 g/mol. The van der Waals surface area contributed by atoms with Crippen molar-refractivity contribution in [2.24, 2.45) is 0 Å². The van der Waals surface area contributed by atoms with E-state index in [1.54, 1.807) is 23.6 Å². The molecule has 0 aliphatic carbocycles. The molecule has 2 aromatic heterocycles. The average molecular weight is 354 g/mol. The van der Waals surface area contributed by atoms with Gasteiger partial charge in [0.15, 0.2) is 0 Å². The molecule has 106 valence electrons. The summed E-state index contributed by atoms with van der Waals surface area (Å²) >= 11 is 5.04. The van der Waals surface area contributed by atoms with Gasteiger partial charge in [-0.1, -0.05) is 0 Å². The number of nitrogens with zero attached hydrogens (tertiary/aromatic N) is 1. The lowest BCUT2D eigenvalue weighted by molar-refractivity contribution is 0.0941. The van der Waals surface area contributed by atoms with E-state index in [9.17, 15) is 4.79 Å². The summed E-state index contributed by atoms with van der Waals surface area (Å²) in [4.78, 5) is 18.7. The second kappa shape index (κ2) is 6.37. The minimum atomic E-state index is -0.197. The van der Waals surface area contributed by atoms with Crippen molar-refractivity contribution in [2.75, 3.05) is 5.73 Å². The van der Waals surface area contributed by atoms with Gasteiger partial charge in [-0.3, -0.25) is 4.79 Å². The van der Waals surface area contributed by atoms with Crippen molar-refractivity contribution in [1.29, 1.82) is 0 Å². The molecule has 0 aliphatic rings. The number of nitrogens with two attached hydrogens (primary N) is 1. The molecule has 1 atom stereocenters. The van der Waals surface area contributed by atoms with Crippen LogP contribution >= 0.6 is 27.3 Å². The van der Waals surface area contributed by atoms with Gasteiger partial charge in [-0.05, 0) is 48.0 Å². The summed E-state index contributed by atoms with van der Waals surface area (Å²) < 4.78 is 0.735. The van der Waals surface area contributed by atoms with Gasteiger partial charge in [0.25, 0.3) is 5.91 Å². The predicted octanol–water partition coefficient (Wildman–Crippen LogP) is 3.16. The number of carbonyl (C=O) groups excluding carboxylic acids is 1. The number of nitrogens with one attached hydrogen (secondary N) is 1. The number of hydrogen-bond donors (Lipinski definition) is 2. The molecule has 3 N–H and O–H groups in total. The third-order valence-electron chi connectivity index (χ3n) is 2.81. The average Bonchev–Trinajstić information content (AvgIpc) is 2.77. The van der Waals surface area contributed by atoms with E-state index in [0.29, 0.717) is 5.56 Å². The van der Waals surface area contributed by atoms with Gasteiger partial charge >= 0.3 is 0 Å². The molecule has 0 fully saturated rings. The molecule has 1 amide bonds. The van der Waals surface area contributed by atoms with Crippen molar-refractivity contribution in [1.82, 2.24) is 10.3 Å². The van der Waals surface area contributed by atoms with Crippen LogP contribution in [0.4, 0.5) is 5.82 Å². The van der Waals surface area contributed by atoms with Gasteiger partial charge in [0.05, 0.1) is 5.56 Å². The first-order valence-electron chi connectivity index (χ1n) is 6.23. The molecule has 2 rings (SSSR count). The zero-order valence-corrected chi connectivity index (χ0v) is 13.7. The lowest BCUT2D eigenvalue weighted by Gasteiger charge is -2.13. The molecule has 0 aromatic carbocycles. The highest BCUT2D eigenvalue weighted by molar-refractivity contribution is 9.10. The summed E-state index contributed by atoms with van der Waals surface area (Å²) in [5.74, 6) is 0.0435. The van der Waals surface area contributed by atoms with E-state index in [0.717, 1.165) is 10.9 Å². The zero-order valence-electron chi connectivity index (χ0n) is 11.3. The van der Waals surface area contributed by atoms with Crippen LogP contribution in [-0.2, 0) is 6.42 Å². The van der Waals surface area contributed by atoms with Crippen LogP contribution in [0.2, 0.25) is 0 Å². The lowest BCUT2D eigenvalue weighted by Crippen LogP contribution is -2.34. The summed E-state index contributed by atoms with van der Waals surface area (Å²) in [5, 5.41) is 2.95. The van der Waals surface area contributed by atoms with Crippen LogP contribution in [0.15, 0.2) is 28.9 Å². The quantitative estimate of drug-likeness (QED) is 0.886. The second-order valence-electron chi connectivity index (χ2n) is 4.68. The second-order valence-corrected chi connectivity index (χ2v) is 6.97. The maximum atomic E-state index is 12.2. The Morgan fingerprint density at radius 3 is 2.95 bits per heavy atom. The van der Waals surface area contributed by atoms with Crippen molar-refractivity contribution in [3.05, 3.63) is 44.2 Å². The van der Waals surface area contributed by atoms with E-state index in [2.05, 4.69) is 45.3 Å². The molecule has 4 nitrogen and oxygen atoms in total. The van der Waals surface area contributed by atoms with Crippen LogP contribution in [0.1, 0.15) is 27.0 Å². The third kappa shape index (κ3) is 3.80. The number of rotatable bonds is 4. The lowest BCUT2D eigenvalue weighted by atomic mass is 10.2. The van der Waals surface area contributed by atoms with Gasteiger partial charge in [-0.2, -0.15) is 0 Å². The third-order valence-corrected chi connectivity index (χ3v) is 4.27. The summed E-state index contributed by atoms with van der Waals surface area (Å²) in [6.07, 6.45) is 2.38. The number of thiophene rings is 1. The van der Waals surface area contributed by atoms with Crippen molar-refractivity contribution in [3.63, 3.8) is 0 Å². The van der Waals surface area contributed by atoms with Crippen LogP contribution in [0.25, 0.3) is 0 Å². The number of anilines is 1. The highest BCUT2D eigenvalue weighted by Gasteiger charge is 2.14. The van der Waals surface area contributed by atoms with E-state index >= 15 is 0 Å². The molecule has 0 aliphatic heterocycles. The normalized spacial score (nSPS) is 12.2. The standard InChI is InChI=1S/C14H16BrN3OS/c1-8(5-11-4-3-9(2)20-11)18-14(19)12-6-10(15)7-17-13(12)16/h3-4,6-8H,5H2,1-2H3,(H2,16,17)(H,18,19). The Labute approximate surface area is 130 Å². The van der Waals surface area contributed by atoms with Crippen LogP contribution in [0, 0.1) is 6.92 Å². The Kier molecular flexibility index (Phi) is 4.77. The van der Waals surface area contributed by atoms with Crippen molar-refractivity contribution < 1.29 is 4.79 Å². The van der Waals surface area contributed by atoms with Crippen molar-refractivity contribution >= 4 is 39.0 Å². The molecule has 0 saturated heterocycles. The zero-order chi connectivity index (χ0) is 14.7. The minimum Gasteiger partial charge on any atom is -0.383 e. The fourth-order valence-corrected chi connectivity index (χ4v) is 3.23. The minimum absolute atomic E-state index is 0.0407. The number of aromatic nitrogens is 1. The van der Waals surface area contributed by atoms with Gasteiger partial charge in [0.1, 0.15) is 5.82 Å². The molecule has 0 radical (unpaired) electrons. The maximum Gasteiger partial charge on any atom is 0.255 e. The highest BCUT2D eigenvalue weighted by atomic mass is 79.9. The molecule has 2 aromatic rings. The molecule has 0 bridgehead atoms. The van der Waals surface area contributed by atoms with E-state index < -0.39 is 0 Å². The number of carbonyl (C=O) groups is 1. The molecular formula is C14H16BrN3OS. The summed E-state index contributed by atoms with van der Waals surface area (Å²) in [5.41, 5.74) is 6.13. The highest BCUT2D eigenvalue weighted by Crippen LogP contribution is 2.18. The Morgan fingerprint density at radius 1 is 1.55 bits per heavy atom. The van der Waals surface area contributed by atoms with Gasteiger partial charge in [0, 0.05) is 32.9 Å². The molecule has 1 unspecified atom stereocenters. The number of nitrogen functional groups attached to an aromatic ring is 1. The van der Waals surface area contributed by atoms with E-state index in [4.69, 9.17) is 5.73 Å². The van der Waals surface area contributed by atoms with E-state index in [1.165, 1.54) is 9.75 Å². The van der Waals surface area contributed by atoms with Crippen LogP contribution < -0.4 is 11.1 Å². The summed E-state index contributed by atoms with van der Waals surface area (Å²) in [6, 6.07) is 5.90. The van der Waals surface area contributed by atoms with Gasteiger partial charge in [0.2, 0.25) is 0 Å². The van der Waals surface area contributed by atoms with Crippen molar-refractivity contribution in [2.45, 2.75) is 26.3 Å². The first-order valence-corrected chi connectivity index (χ1v) is 7.84. The fourth-order valence-electron chi connectivity index (χ4n) is 1.88. The van der Waals surface area contributed by atoms with Gasteiger partial charge < -0.3 is 11.1 Å². The Bertz CT molecular complexity index is 627. The molecule has 20 heavy (non-hydrogen) atoms. The first kappa shape index (κ1) is 15.0. The number of amides is 1. The monoisotopic (exact) mass is 353 g/mol. The number of hydrogen-bond acceptors (Lipinski definition) is 4. The van der Waals surface area contributed by atoms with Gasteiger partial charge in [-0.15, -0.1) is 11.3 Å². The Hall–Kier alpha value is -1.40. The number of aryl methyl sites for hydroxylation is 1. The van der Waals surface area contributed by atoms with Crippen LogP contribution in [0.3, 0.4) is 0 Å². The van der Waals surface area contributed by atoms with Gasteiger partial charge in [-0.25, -0.2) is 4.98 Å². The summed E-state index contributed by atoms with van der Waals surface area (Å²) in [6.45, 7) is 4.06. The smallest absolute Gasteiger partial charge is 0.255 e. The predicted molar refractivity (Wildman–Crippen MR) is 86.0 cm³/mol. The topological polar surface area (TPSA) is 68.0 Å². The molecule has 6 heteroatoms. The van der Waals surface area contributed by atoms with Crippen LogP contribution in [0.5, 0.6) is 0 Å². The molecule has 0 saturated carbocycles. The number of pyridine rings is 1. The Morgan fingerprint density at radius 2 is 2.30 bits per heavy atom. The molecule has 2 heterocycles. The van der Waals surface area contributed by atoms with E-state index in [-0.39, 0.29) is 17.8 Å². The summed E-state index contributed by atoms with van der Waals surface area (Å²) in [7, 11) is 0. The fraction of sp³-hybridized carbons (Fsp3) is 0.286. The Balaban J connectivity index is 2.02. The van der Waals surface area contributed by atoms with E-state index in [1.807, 2.05) is 6.92 Å². The van der Waals surface area contributed by atoms with Crippen LogP contribution in [-0.4, -0.2) is 16.9 Å².